The molecule has 0 aliphatic heterocycles. The van der Waals surface area contributed by atoms with Gasteiger partial charge in [-0.2, -0.15) is 0 Å². The van der Waals surface area contributed by atoms with Gasteiger partial charge in [-0.1, -0.05) is 31.2 Å². The maximum atomic E-state index is 11.7. The summed E-state index contributed by atoms with van der Waals surface area (Å²) in [6.45, 7) is 9.34. The molecule has 2 heterocycles. The highest BCUT2D eigenvalue weighted by Crippen LogP contribution is 2.38. The van der Waals surface area contributed by atoms with Gasteiger partial charge in [0.15, 0.2) is 11.0 Å². The number of aryl methyl sites for hydroxylation is 1. The first-order valence-corrected chi connectivity index (χ1v) is 11.0. The van der Waals surface area contributed by atoms with Crippen LogP contribution in [-0.2, 0) is 24.2 Å². The van der Waals surface area contributed by atoms with Crippen LogP contribution in [0, 0.1) is 5.92 Å². The van der Waals surface area contributed by atoms with E-state index in [1.54, 1.807) is 0 Å². The third-order valence-electron chi connectivity index (χ3n) is 4.72. The highest BCUT2D eigenvalue weighted by atomic mass is 32.2. The van der Waals surface area contributed by atoms with Crippen molar-refractivity contribution in [2.45, 2.75) is 51.2 Å². The SMILES string of the molecule is C=CCn1c(SCC(=O)NCC)nnc1-c1cc2c(s1)CC[C@H](CC)C2. The summed E-state index contributed by atoms with van der Waals surface area (Å²) in [6.07, 6.45) is 6.74. The average molecular weight is 391 g/mol. The van der Waals surface area contributed by atoms with Gasteiger partial charge in [0.25, 0.3) is 0 Å². The molecular weight excluding hydrogens is 364 g/mol. The molecule has 0 aromatic carbocycles. The van der Waals surface area contributed by atoms with Crippen molar-refractivity contribution in [1.82, 2.24) is 20.1 Å². The molecule has 0 unspecified atom stereocenters. The number of thioether (sulfide) groups is 1. The second kappa shape index (κ2) is 8.86. The molecule has 0 spiro atoms. The quantitative estimate of drug-likeness (QED) is 0.548. The van der Waals surface area contributed by atoms with Crippen molar-refractivity contribution in [2.24, 2.45) is 5.92 Å². The number of nitrogens with one attached hydrogen (secondary N) is 1. The number of nitrogens with zero attached hydrogens (tertiary/aromatic N) is 3. The number of hydrogen-bond acceptors (Lipinski definition) is 5. The Labute approximate surface area is 163 Å². The van der Waals surface area contributed by atoms with Crippen LogP contribution in [0.4, 0.5) is 0 Å². The molecule has 0 radical (unpaired) electrons. The van der Waals surface area contributed by atoms with Crippen LogP contribution in [0.5, 0.6) is 0 Å². The molecule has 140 valence electrons. The van der Waals surface area contributed by atoms with E-state index in [1.165, 1.54) is 52.8 Å². The van der Waals surface area contributed by atoms with Crippen LogP contribution < -0.4 is 5.32 Å². The summed E-state index contributed by atoms with van der Waals surface area (Å²) in [5.41, 5.74) is 1.48. The predicted molar refractivity (Wildman–Crippen MR) is 109 cm³/mol. The van der Waals surface area contributed by atoms with Gasteiger partial charge in [-0.05, 0) is 43.7 Å². The third kappa shape index (κ3) is 4.20. The lowest BCUT2D eigenvalue weighted by atomic mass is 9.87. The van der Waals surface area contributed by atoms with Crippen molar-refractivity contribution >= 4 is 29.0 Å². The Balaban J connectivity index is 1.83. The molecule has 1 N–H and O–H groups in total. The number of aromatic nitrogens is 3. The maximum absolute atomic E-state index is 11.7. The summed E-state index contributed by atoms with van der Waals surface area (Å²) < 4.78 is 2.06. The Hall–Kier alpha value is -1.60. The van der Waals surface area contributed by atoms with Crippen LogP contribution in [0.15, 0.2) is 23.9 Å². The zero-order valence-corrected chi connectivity index (χ0v) is 17.1. The van der Waals surface area contributed by atoms with Gasteiger partial charge in [0.2, 0.25) is 5.91 Å². The summed E-state index contributed by atoms with van der Waals surface area (Å²) in [4.78, 5) is 14.4. The number of fused-ring (bicyclic) bond motifs is 1. The van der Waals surface area contributed by atoms with Crippen molar-refractivity contribution in [3.8, 4) is 10.7 Å². The molecule has 0 bridgehead atoms. The molecule has 3 rings (SSSR count). The molecule has 0 saturated carbocycles. The molecule has 2 aromatic heterocycles. The predicted octanol–water partition coefficient (Wildman–Crippen LogP) is 3.94. The molecule has 1 aliphatic rings. The number of rotatable bonds is 8. The Morgan fingerprint density at radius 2 is 2.35 bits per heavy atom. The van der Waals surface area contributed by atoms with Crippen molar-refractivity contribution in [3.63, 3.8) is 0 Å². The van der Waals surface area contributed by atoms with E-state index >= 15 is 0 Å². The third-order valence-corrected chi connectivity index (χ3v) is 6.92. The van der Waals surface area contributed by atoms with E-state index in [2.05, 4.69) is 39.7 Å². The first-order chi connectivity index (χ1) is 12.7. The van der Waals surface area contributed by atoms with Gasteiger partial charge in [0.05, 0.1) is 10.6 Å². The number of allylic oxidation sites excluding steroid dienone is 1. The highest BCUT2D eigenvalue weighted by molar-refractivity contribution is 7.99. The summed E-state index contributed by atoms with van der Waals surface area (Å²) in [6, 6.07) is 2.30. The first kappa shape index (κ1) is 19.2. The Kier molecular flexibility index (Phi) is 6.53. The van der Waals surface area contributed by atoms with E-state index in [0.717, 1.165) is 16.9 Å². The van der Waals surface area contributed by atoms with E-state index in [9.17, 15) is 4.79 Å². The van der Waals surface area contributed by atoms with E-state index in [0.29, 0.717) is 18.8 Å². The van der Waals surface area contributed by atoms with Gasteiger partial charge in [-0.25, -0.2) is 0 Å². The van der Waals surface area contributed by atoms with Crippen molar-refractivity contribution in [2.75, 3.05) is 12.3 Å². The lowest BCUT2D eigenvalue weighted by molar-refractivity contribution is -0.118. The minimum atomic E-state index is 0.0180. The zero-order chi connectivity index (χ0) is 18.5. The van der Waals surface area contributed by atoms with Crippen molar-refractivity contribution in [3.05, 3.63) is 29.2 Å². The summed E-state index contributed by atoms with van der Waals surface area (Å²) >= 11 is 3.26. The molecule has 26 heavy (non-hydrogen) atoms. The van der Waals surface area contributed by atoms with Gasteiger partial charge in [0.1, 0.15) is 0 Å². The topological polar surface area (TPSA) is 59.8 Å². The fourth-order valence-corrected chi connectivity index (χ4v) is 5.29. The molecule has 7 heteroatoms. The second-order valence-electron chi connectivity index (χ2n) is 6.52. The van der Waals surface area contributed by atoms with Crippen LogP contribution in [0.1, 0.15) is 37.1 Å². The normalized spacial score (nSPS) is 16.3. The molecule has 5 nitrogen and oxygen atoms in total. The van der Waals surface area contributed by atoms with Crippen LogP contribution in [0.2, 0.25) is 0 Å². The smallest absolute Gasteiger partial charge is 0.230 e. The molecule has 2 aromatic rings. The van der Waals surface area contributed by atoms with Crippen LogP contribution in [0.25, 0.3) is 10.7 Å². The van der Waals surface area contributed by atoms with Crippen LogP contribution in [0.3, 0.4) is 0 Å². The fourth-order valence-electron chi connectivity index (χ4n) is 3.31. The van der Waals surface area contributed by atoms with Gasteiger partial charge in [-0.15, -0.1) is 28.1 Å². The molecule has 1 atom stereocenters. The van der Waals surface area contributed by atoms with Gasteiger partial charge >= 0.3 is 0 Å². The molecule has 0 fully saturated rings. The van der Waals surface area contributed by atoms with Gasteiger partial charge in [0, 0.05) is 18.0 Å². The average Bonchev–Trinajstić information content (AvgIpc) is 3.23. The minimum absolute atomic E-state index is 0.0180. The van der Waals surface area contributed by atoms with Gasteiger partial charge < -0.3 is 5.32 Å². The fraction of sp³-hybridized carbons (Fsp3) is 0.526. The first-order valence-electron chi connectivity index (χ1n) is 9.21. The number of amides is 1. The van der Waals surface area contributed by atoms with E-state index in [-0.39, 0.29) is 5.91 Å². The number of carbonyl (C=O) groups is 1. The lowest BCUT2D eigenvalue weighted by Gasteiger charge is -2.19. The number of hydrogen-bond donors (Lipinski definition) is 1. The van der Waals surface area contributed by atoms with Crippen LogP contribution in [-0.4, -0.2) is 33.0 Å². The summed E-state index contributed by atoms with van der Waals surface area (Å²) in [7, 11) is 0. The Morgan fingerprint density at radius 3 is 3.08 bits per heavy atom. The Bertz CT molecular complexity index is 781. The summed E-state index contributed by atoms with van der Waals surface area (Å²) in [5.74, 6) is 2.06. The zero-order valence-electron chi connectivity index (χ0n) is 15.5. The van der Waals surface area contributed by atoms with E-state index in [1.807, 2.05) is 24.3 Å². The van der Waals surface area contributed by atoms with Gasteiger partial charge in [-0.3, -0.25) is 9.36 Å². The lowest BCUT2D eigenvalue weighted by Crippen LogP contribution is -2.24. The van der Waals surface area contributed by atoms with Crippen molar-refractivity contribution < 1.29 is 4.79 Å². The monoisotopic (exact) mass is 390 g/mol. The molecule has 1 aliphatic carbocycles. The van der Waals surface area contributed by atoms with E-state index in [4.69, 9.17) is 0 Å². The second-order valence-corrected chi connectivity index (χ2v) is 8.60. The standard InChI is InChI=1S/C19H26N4OS2/c1-4-9-23-18(21-22-19(23)25-12-17(24)20-6-3)16-11-14-10-13(5-2)7-8-15(14)26-16/h4,11,13H,1,5-10,12H2,2-3H3,(H,20,24)/t13-/m0/s1. The number of thiophene rings is 1. The van der Waals surface area contributed by atoms with E-state index < -0.39 is 0 Å². The number of carbonyl (C=O) groups excluding carboxylic acids is 1. The maximum Gasteiger partial charge on any atom is 0.230 e. The van der Waals surface area contributed by atoms with Crippen LogP contribution >= 0.6 is 23.1 Å². The molecular formula is C19H26N4OS2. The minimum Gasteiger partial charge on any atom is -0.356 e. The largest absolute Gasteiger partial charge is 0.356 e. The molecule has 1 amide bonds. The Morgan fingerprint density at radius 1 is 1.50 bits per heavy atom. The molecule has 0 saturated heterocycles. The highest BCUT2D eigenvalue weighted by Gasteiger charge is 2.23. The van der Waals surface area contributed by atoms with Crippen molar-refractivity contribution in [1.29, 1.82) is 0 Å². The summed E-state index contributed by atoms with van der Waals surface area (Å²) in [5, 5.41) is 12.4.